The molecule has 2 aromatic rings. The van der Waals surface area contributed by atoms with Crippen molar-refractivity contribution in [3.63, 3.8) is 0 Å². The highest BCUT2D eigenvalue weighted by Crippen LogP contribution is 2.22. The fourth-order valence-corrected chi connectivity index (χ4v) is 4.79. The Hall–Kier alpha value is -1.84. The first-order chi connectivity index (χ1) is 14.1. The molecule has 4 rings (SSSR count). The van der Waals surface area contributed by atoms with Crippen molar-refractivity contribution >= 4 is 17.2 Å². The number of aliphatic hydroxyl groups excluding tert-OH is 2. The van der Waals surface area contributed by atoms with E-state index in [9.17, 15) is 15.0 Å². The summed E-state index contributed by atoms with van der Waals surface area (Å²) < 4.78 is 5.40. The number of morpholine rings is 1. The molecule has 2 saturated heterocycles. The second-order valence-corrected chi connectivity index (χ2v) is 8.54. The summed E-state index contributed by atoms with van der Waals surface area (Å²) in [6, 6.07) is 9.76. The van der Waals surface area contributed by atoms with Crippen LogP contribution in [-0.2, 0) is 11.2 Å². The Morgan fingerprint density at radius 3 is 2.69 bits per heavy atom. The molecule has 0 saturated carbocycles. The Morgan fingerprint density at radius 2 is 1.93 bits per heavy atom. The third-order valence-electron chi connectivity index (χ3n) is 5.66. The second kappa shape index (κ2) is 9.32. The molecule has 1 amide bonds. The van der Waals surface area contributed by atoms with Crippen LogP contribution in [0.1, 0.15) is 27.5 Å². The minimum absolute atomic E-state index is 0.139. The quantitative estimate of drug-likeness (QED) is 0.772. The highest BCUT2D eigenvalue weighted by atomic mass is 32.1. The van der Waals surface area contributed by atoms with Crippen molar-refractivity contribution < 1.29 is 19.7 Å². The van der Waals surface area contributed by atoms with Gasteiger partial charge in [0.25, 0.3) is 5.91 Å². The van der Waals surface area contributed by atoms with Gasteiger partial charge >= 0.3 is 0 Å². The van der Waals surface area contributed by atoms with Crippen molar-refractivity contribution in [2.45, 2.75) is 31.1 Å². The third kappa shape index (κ3) is 4.84. The average molecular weight is 418 g/mol. The number of ether oxygens (including phenoxy) is 1. The largest absolute Gasteiger partial charge is 0.390 e. The lowest BCUT2D eigenvalue weighted by Crippen LogP contribution is -2.55. The smallest absolute Gasteiger partial charge is 0.273 e. The molecule has 156 valence electrons. The van der Waals surface area contributed by atoms with E-state index in [-0.39, 0.29) is 11.9 Å². The van der Waals surface area contributed by atoms with Crippen molar-refractivity contribution in [3.8, 4) is 0 Å². The van der Waals surface area contributed by atoms with Crippen LogP contribution in [0.15, 0.2) is 35.7 Å². The number of carbonyl (C=O) groups excluding carboxylic acids is 1. The lowest BCUT2D eigenvalue weighted by Gasteiger charge is -2.38. The van der Waals surface area contributed by atoms with Gasteiger partial charge in [0.15, 0.2) is 0 Å². The van der Waals surface area contributed by atoms with Gasteiger partial charge in [-0.05, 0) is 12.0 Å². The maximum Gasteiger partial charge on any atom is 0.273 e. The summed E-state index contributed by atoms with van der Waals surface area (Å²) in [6.07, 6.45) is -0.666. The predicted octanol–water partition coefficient (Wildman–Crippen LogP) is 1.00. The molecule has 8 heteroatoms. The standard InChI is InChI=1S/C21H27N3O4S/c25-18-6-7-24(13-17(20(18)26)23-8-10-28-11-9-23)21(27)16-14-29-19(22-16)12-15-4-2-1-3-5-15/h1-5,14,17-18,20,25-26H,6-13H2/t17-,18-,20+/m1/s1. The first-order valence-electron chi connectivity index (χ1n) is 10.1. The van der Waals surface area contributed by atoms with Crippen LogP contribution in [-0.4, -0.2) is 88.5 Å². The van der Waals surface area contributed by atoms with Crippen molar-refractivity contribution in [2.75, 3.05) is 39.4 Å². The summed E-state index contributed by atoms with van der Waals surface area (Å²) >= 11 is 1.49. The first kappa shape index (κ1) is 20.4. The van der Waals surface area contributed by atoms with E-state index in [0.717, 1.165) is 10.6 Å². The van der Waals surface area contributed by atoms with E-state index in [1.54, 1.807) is 4.90 Å². The summed E-state index contributed by atoms with van der Waals surface area (Å²) in [5, 5.41) is 23.7. The molecular formula is C21H27N3O4S. The van der Waals surface area contributed by atoms with Crippen LogP contribution < -0.4 is 0 Å². The highest BCUT2D eigenvalue weighted by Gasteiger charge is 2.38. The van der Waals surface area contributed by atoms with Gasteiger partial charge < -0.3 is 19.8 Å². The molecule has 3 atom stereocenters. The summed E-state index contributed by atoms with van der Waals surface area (Å²) in [6.45, 7) is 3.36. The molecule has 1 aromatic heterocycles. The van der Waals surface area contributed by atoms with Gasteiger partial charge in [0, 0.05) is 38.0 Å². The Bertz CT molecular complexity index is 809. The van der Waals surface area contributed by atoms with Crippen molar-refractivity contribution in [3.05, 3.63) is 52.0 Å². The second-order valence-electron chi connectivity index (χ2n) is 7.60. The topological polar surface area (TPSA) is 86.1 Å². The Kier molecular flexibility index (Phi) is 6.56. The minimum Gasteiger partial charge on any atom is -0.390 e. The number of thiazole rings is 1. The lowest BCUT2D eigenvalue weighted by molar-refractivity contribution is -0.0609. The zero-order valence-electron chi connectivity index (χ0n) is 16.3. The monoisotopic (exact) mass is 417 g/mol. The first-order valence-corrected chi connectivity index (χ1v) is 11.0. The number of aromatic nitrogens is 1. The van der Waals surface area contributed by atoms with Gasteiger partial charge in [-0.1, -0.05) is 30.3 Å². The Labute approximate surface area is 174 Å². The van der Waals surface area contributed by atoms with E-state index in [1.165, 1.54) is 11.3 Å². The van der Waals surface area contributed by atoms with Crippen molar-refractivity contribution in [1.29, 1.82) is 0 Å². The molecule has 0 aliphatic carbocycles. The maximum absolute atomic E-state index is 13.1. The number of nitrogens with zero attached hydrogens (tertiary/aromatic N) is 3. The summed E-state index contributed by atoms with van der Waals surface area (Å²) in [4.78, 5) is 21.5. The van der Waals surface area contributed by atoms with Gasteiger partial charge in [-0.25, -0.2) is 4.98 Å². The average Bonchev–Trinajstić information content (AvgIpc) is 3.16. The number of hydrogen-bond acceptors (Lipinski definition) is 7. The van der Waals surface area contributed by atoms with Crippen LogP contribution in [0.3, 0.4) is 0 Å². The van der Waals surface area contributed by atoms with Crippen LogP contribution in [0.25, 0.3) is 0 Å². The number of rotatable bonds is 4. The predicted molar refractivity (Wildman–Crippen MR) is 110 cm³/mol. The molecule has 0 spiro atoms. The molecule has 0 unspecified atom stereocenters. The van der Waals surface area contributed by atoms with E-state index < -0.39 is 12.2 Å². The molecule has 3 heterocycles. The minimum atomic E-state index is -0.880. The Morgan fingerprint density at radius 1 is 1.17 bits per heavy atom. The Balaban J connectivity index is 1.47. The van der Waals surface area contributed by atoms with E-state index in [2.05, 4.69) is 9.88 Å². The number of benzene rings is 1. The third-order valence-corrected chi connectivity index (χ3v) is 6.51. The molecule has 0 radical (unpaired) electrons. The van der Waals surface area contributed by atoms with Crippen LogP contribution in [0.2, 0.25) is 0 Å². The van der Waals surface area contributed by atoms with E-state index in [1.807, 2.05) is 35.7 Å². The van der Waals surface area contributed by atoms with Crippen LogP contribution in [0, 0.1) is 0 Å². The van der Waals surface area contributed by atoms with Gasteiger partial charge in [-0.3, -0.25) is 9.69 Å². The van der Waals surface area contributed by atoms with Crippen molar-refractivity contribution in [1.82, 2.24) is 14.8 Å². The number of amides is 1. The van der Waals surface area contributed by atoms with Crippen LogP contribution in [0.4, 0.5) is 0 Å². The number of likely N-dealkylation sites (tertiary alicyclic amines) is 1. The fraction of sp³-hybridized carbons (Fsp3) is 0.524. The van der Waals surface area contributed by atoms with Gasteiger partial charge in [-0.15, -0.1) is 11.3 Å². The summed E-state index contributed by atoms with van der Waals surface area (Å²) in [7, 11) is 0. The van der Waals surface area contributed by atoms with E-state index in [4.69, 9.17) is 4.74 Å². The van der Waals surface area contributed by atoms with E-state index in [0.29, 0.717) is 57.9 Å². The van der Waals surface area contributed by atoms with Gasteiger partial charge in [0.2, 0.25) is 0 Å². The van der Waals surface area contributed by atoms with Gasteiger partial charge in [0.05, 0.1) is 36.5 Å². The van der Waals surface area contributed by atoms with Gasteiger partial charge in [-0.2, -0.15) is 0 Å². The molecule has 1 aromatic carbocycles. The molecule has 7 nitrogen and oxygen atoms in total. The zero-order chi connectivity index (χ0) is 20.2. The summed E-state index contributed by atoms with van der Waals surface area (Å²) in [5.74, 6) is -0.139. The van der Waals surface area contributed by atoms with Crippen LogP contribution >= 0.6 is 11.3 Å². The zero-order valence-corrected chi connectivity index (χ0v) is 17.1. The van der Waals surface area contributed by atoms with Crippen molar-refractivity contribution in [2.24, 2.45) is 0 Å². The number of hydrogen-bond donors (Lipinski definition) is 2. The SMILES string of the molecule is O=C(c1csc(Cc2ccccc2)n1)N1CC[C@@H](O)[C@@H](O)[C@H](N2CCOCC2)C1. The molecule has 2 aliphatic heterocycles. The molecular weight excluding hydrogens is 390 g/mol. The molecule has 2 aliphatic rings. The maximum atomic E-state index is 13.1. The lowest BCUT2D eigenvalue weighted by atomic mass is 10.0. The molecule has 2 N–H and O–H groups in total. The summed E-state index contributed by atoms with van der Waals surface area (Å²) in [5.41, 5.74) is 1.60. The number of aliphatic hydroxyl groups is 2. The molecule has 2 fully saturated rings. The molecule has 0 bridgehead atoms. The highest BCUT2D eigenvalue weighted by molar-refractivity contribution is 7.09. The molecule has 29 heavy (non-hydrogen) atoms. The van der Waals surface area contributed by atoms with E-state index >= 15 is 0 Å². The van der Waals surface area contributed by atoms with Gasteiger partial charge in [0.1, 0.15) is 5.69 Å². The number of carbonyl (C=O) groups is 1. The fourth-order valence-electron chi connectivity index (χ4n) is 3.99. The van der Waals surface area contributed by atoms with Crippen LogP contribution in [0.5, 0.6) is 0 Å². The normalized spacial score (nSPS) is 26.3.